The molecule has 3 aromatic rings. The Bertz CT molecular complexity index is 1450. The van der Waals surface area contributed by atoms with E-state index < -0.39 is 5.97 Å². The highest BCUT2D eigenvalue weighted by Gasteiger charge is 2.40. The largest absolute Gasteiger partial charge is 0.478 e. The van der Waals surface area contributed by atoms with Gasteiger partial charge in [-0.1, -0.05) is 0 Å². The molecule has 1 aliphatic heterocycles. The molecule has 8 nitrogen and oxygen atoms in total. The lowest BCUT2D eigenvalue weighted by Crippen LogP contribution is -2.21. The maximum Gasteiger partial charge on any atom is 0.335 e. The lowest BCUT2D eigenvalue weighted by atomic mass is 10.0. The fourth-order valence-corrected chi connectivity index (χ4v) is 4.99. The van der Waals surface area contributed by atoms with Gasteiger partial charge in [-0.05, 0) is 86.4 Å². The van der Waals surface area contributed by atoms with Crippen LogP contribution in [0.1, 0.15) is 39.2 Å². The molecule has 0 atom stereocenters. The van der Waals surface area contributed by atoms with Crippen molar-refractivity contribution >= 4 is 46.4 Å². The summed E-state index contributed by atoms with van der Waals surface area (Å²) in [6, 6.07) is 13.1. The Balaban J connectivity index is 1.49. The number of thiophene rings is 1. The van der Waals surface area contributed by atoms with Crippen molar-refractivity contribution < 1.29 is 19.6 Å². The number of amides is 1. The summed E-state index contributed by atoms with van der Waals surface area (Å²) >= 11 is 1.39. The highest BCUT2D eigenvalue weighted by atomic mass is 32.1. The predicted octanol–water partition coefficient (Wildman–Crippen LogP) is 5.83. The third kappa shape index (κ3) is 4.26. The maximum atomic E-state index is 13.3. The van der Waals surface area contributed by atoms with Crippen LogP contribution in [-0.2, 0) is 4.79 Å². The fourth-order valence-electron chi connectivity index (χ4n) is 4.01. The molecule has 1 fully saturated rings. The van der Waals surface area contributed by atoms with Crippen LogP contribution in [0.2, 0.25) is 0 Å². The van der Waals surface area contributed by atoms with Crippen molar-refractivity contribution in [1.29, 1.82) is 0 Å². The minimum Gasteiger partial charge on any atom is -0.478 e. The molecule has 0 bridgehead atoms. The second kappa shape index (κ2) is 8.59. The first-order valence-electron chi connectivity index (χ1n) is 11.1. The number of hydrazone groups is 1. The van der Waals surface area contributed by atoms with Gasteiger partial charge < -0.3 is 5.11 Å². The van der Waals surface area contributed by atoms with E-state index in [4.69, 9.17) is 5.11 Å². The number of carbonyl (C=O) groups is 2. The number of nitro groups is 1. The molecule has 1 aliphatic carbocycles. The van der Waals surface area contributed by atoms with E-state index in [2.05, 4.69) is 5.10 Å². The normalized spacial score (nSPS) is 16.6. The van der Waals surface area contributed by atoms with Crippen LogP contribution in [0.4, 0.5) is 11.4 Å². The van der Waals surface area contributed by atoms with Gasteiger partial charge in [0.15, 0.2) is 0 Å². The van der Waals surface area contributed by atoms with E-state index >= 15 is 0 Å². The van der Waals surface area contributed by atoms with Gasteiger partial charge in [-0.2, -0.15) is 10.1 Å². The first kappa shape index (κ1) is 22.7. The smallest absolute Gasteiger partial charge is 0.335 e. The van der Waals surface area contributed by atoms with E-state index in [9.17, 15) is 19.7 Å². The molecule has 0 unspecified atom stereocenters. The number of carbonyl (C=O) groups excluding carboxylic acids is 1. The van der Waals surface area contributed by atoms with Crippen molar-refractivity contribution in [3.8, 4) is 10.4 Å². The summed E-state index contributed by atoms with van der Waals surface area (Å²) < 4.78 is 0. The van der Waals surface area contributed by atoms with Crippen molar-refractivity contribution in [2.75, 3.05) is 5.01 Å². The van der Waals surface area contributed by atoms with Gasteiger partial charge in [-0.25, -0.2) is 4.79 Å². The van der Waals surface area contributed by atoms with E-state index in [1.165, 1.54) is 28.5 Å². The Kier molecular flexibility index (Phi) is 5.56. The number of nitrogens with zero attached hydrogens (tertiary/aromatic N) is 3. The molecule has 0 spiro atoms. The number of nitro benzene ring substituents is 1. The monoisotopic (exact) mass is 487 g/mol. The topological polar surface area (TPSA) is 113 Å². The molecule has 1 amide bonds. The molecule has 5 rings (SSSR count). The molecule has 2 heterocycles. The first-order valence-corrected chi connectivity index (χ1v) is 11.9. The summed E-state index contributed by atoms with van der Waals surface area (Å²) in [7, 11) is 0. The summed E-state index contributed by atoms with van der Waals surface area (Å²) in [6.45, 7) is 3.77. The molecule has 1 N–H and O–H groups in total. The van der Waals surface area contributed by atoms with Gasteiger partial charge in [0.05, 0.1) is 33.0 Å². The SMILES string of the molecule is Cc1cc(-c2ccc(/C=C3\C(=O)N(c4ccc(C(=O)O)cc4)N=C3C3CC3)s2)c([N+](=O)[O-])cc1C. The first-order chi connectivity index (χ1) is 16.7. The van der Waals surface area contributed by atoms with E-state index in [0.29, 0.717) is 16.8 Å². The fraction of sp³-hybridized carbons (Fsp3) is 0.192. The molecular weight excluding hydrogens is 466 g/mol. The highest BCUT2D eigenvalue weighted by Crippen LogP contribution is 2.41. The van der Waals surface area contributed by atoms with Crippen LogP contribution in [0, 0.1) is 29.9 Å². The van der Waals surface area contributed by atoms with Crippen molar-refractivity contribution in [3.05, 3.63) is 85.8 Å². The van der Waals surface area contributed by atoms with Gasteiger partial charge in [0.1, 0.15) is 0 Å². The lowest BCUT2D eigenvalue weighted by Gasteiger charge is -2.11. The molecule has 0 radical (unpaired) electrons. The van der Waals surface area contributed by atoms with Crippen LogP contribution in [0.25, 0.3) is 16.5 Å². The van der Waals surface area contributed by atoms with Crippen molar-refractivity contribution in [2.24, 2.45) is 11.0 Å². The standard InChI is InChI=1S/C26H21N3O5S/c1-14-11-20(22(29(33)34)12-15(14)2)23-10-9-19(35-23)13-21-24(16-3-4-16)27-28(25(21)30)18-7-5-17(6-8-18)26(31)32/h5-13,16H,3-4H2,1-2H3,(H,31,32)/b21-13-. The summed E-state index contributed by atoms with van der Waals surface area (Å²) in [5, 5.41) is 26.7. The quantitative estimate of drug-likeness (QED) is 0.267. The van der Waals surface area contributed by atoms with E-state index in [0.717, 1.165) is 39.4 Å². The van der Waals surface area contributed by atoms with Crippen LogP contribution in [-0.4, -0.2) is 27.6 Å². The van der Waals surface area contributed by atoms with Gasteiger partial charge in [0, 0.05) is 21.7 Å². The average molecular weight is 488 g/mol. The Hall–Kier alpha value is -4.11. The molecule has 1 aromatic heterocycles. The number of hydrogen-bond donors (Lipinski definition) is 1. The summed E-state index contributed by atoms with van der Waals surface area (Å²) in [4.78, 5) is 37.3. The van der Waals surface area contributed by atoms with Crippen LogP contribution < -0.4 is 5.01 Å². The van der Waals surface area contributed by atoms with Gasteiger partial charge >= 0.3 is 5.97 Å². The van der Waals surface area contributed by atoms with Crippen LogP contribution in [0.15, 0.2) is 59.2 Å². The molecule has 1 saturated carbocycles. The third-order valence-corrected chi connectivity index (χ3v) is 7.28. The summed E-state index contributed by atoms with van der Waals surface area (Å²) in [5.74, 6) is -1.10. The summed E-state index contributed by atoms with van der Waals surface area (Å²) in [6.07, 6.45) is 3.71. The number of aromatic carboxylic acids is 1. The zero-order valence-electron chi connectivity index (χ0n) is 19.0. The zero-order chi connectivity index (χ0) is 24.9. The molecule has 35 heavy (non-hydrogen) atoms. The Morgan fingerprint density at radius 3 is 2.46 bits per heavy atom. The number of benzene rings is 2. The average Bonchev–Trinajstić information content (AvgIpc) is 3.48. The second-order valence-electron chi connectivity index (χ2n) is 8.70. The van der Waals surface area contributed by atoms with Gasteiger partial charge in [0.2, 0.25) is 0 Å². The van der Waals surface area contributed by atoms with Gasteiger partial charge in [-0.3, -0.25) is 14.9 Å². The second-order valence-corrected chi connectivity index (χ2v) is 9.81. The molecule has 176 valence electrons. The highest BCUT2D eigenvalue weighted by molar-refractivity contribution is 7.16. The minimum atomic E-state index is -1.04. The summed E-state index contributed by atoms with van der Waals surface area (Å²) in [5.41, 5.74) is 4.30. The molecule has 9 heteroatoms. The number of anilines is 1. The Morgan fingerprint density at radius 1 is 1.14 bits per heavy atom. The maximum absolute atomic E-state index is 13.3. The predicted molar refractivity (Wildman–Crippen MR) is 135 cm³/mol. The number of carboxylic acids is 1. The third-order valence-electron chi connectivity index (χ3n) is 6.22. The number of carboxylic acid groups (broad SMARTS) is 1. The number of rotatable bonds is 6. The van der Waals surface area contributed by atoms with Gasteiger partial charge in [-0.15, -0.1) is 11.3 Å². The van der Waals surface area contributed by atoms with E-state index in [-0.39, 0.29) is 28.0 Å². The van der Waals surface area contributed by atoms with Crippen LogP contribution in [0.5, 0.6) is 0 Å². The van der Waals surface area contributed by atoms with E-state index in [1.807, 2.05) is 32.0 Å². The molecular formula is C26H21N3O5S. The van der Waals surface area contributed by atoms with Crippen molar-refractivity contribution in [2.45, 2.75) is 26.7 Å². The minimum absolute atomic E-state index is 0.0577. The molecule has 0 saturated heterocycles. The Labute approximate surface area is 205 Å². The molecule has 2 aromatic carbocycles. The van der Waals surface area contributed by atoms with E-state index in [1.54, 1.807) is 24.3 Å². The van der Waals surface area contributed by atoms with Crippen molar-refractivity contribution in [1.82, 2.24) is 0 Å². The Morgan fingerprint density at radius 2 is 1.83 bits per heavy atom. The van der Waals surface area contributed by atoms with Crippen molar-refractivity contribution in [3.63, 3.8) is 0 Å². The van der Waals surface area contributed by atoms with Crippen LogP contribution in [0.3, 0.4) is 0 Å². The van der Waals surface area contributed by atoms with Gasteiger partial charge in [0.25, 0.3) is 11.6 Å². The lowest BCUT2D eigenvalue weighted by molar-refractivity contribution is -0.384. The molecule has 2 aliphatic rings. The number of hydrogen-bond acceptors (Lipinski definition) is 6. The van der Waals surface area contributed by atoms with Crippen LogP contribution >= 0.6 is 11.3 Å². The zero-order valence-corrected chi connectivity index (χ0v) is 19.8. The number of aryl methyl sites for hydroxylation is 2.